The fourth-order valence-electron chi connectivity index (χ4n) is 4.17. The number of halogens is 4. The highest BCUT2D eigenvalue weighted by atomic mass is 35.5. The van der Waals surface area contributed by atoms with E-state index in [2.05, 4.69) is 5.32 Å². The van der Waals surface area contributed by atoms with Crippen molar-refractivity contribution in [2.45, 2.75) is 26.4 Å². The zero-order chi connectivity index (χ0) is 35.2. The van der Waals surface area contributed by atoms with E-state index < -0.39 is 57.7 Å². The van der Waals surface area contributed by atoms with Gasteiger partial charge in [0.2, 0.25) is 11.7 Å². The molecule has 0 saturated carbocycles. The van der Waals surface area contributed by atoms with Crippen LogP contribution < -0.4 is 14.8 Å². The second-order valence-corrected chi connectivity index (χ2v) is 11.2. The minimum Gasteiger partial charge on any atom is -0.490 e. The smallest absolute Gasteiger partial charge is 0.416 e. The highest BCUT2D eigenvalue weighted by molar-refractivity contribution is 8.18. The van der Waals surface area contributed by atoms with Gasteiger partial charge in [0, 0.05) is 11.8 Å². The molecule has 4 rings (SSSR count). The zero-order valence-corrected chi connectivity index (χ0v) is 26.7. The number of benzene rings is 3. The van der Waals surface area contributed by atoms with Crippen LogP contribution in [0.15, 0.2) is 59.5 Å². The average Bonchev–Trinajstić information content (AvgIpc) is 3.28. The number of thioether (sulfide) groups is 1. The molecule has 1 aliphatic heterocycles. The van der Waals surface area contributed by atoms with Crippen molar-refractivity contribution in [2.24, 2.45) is 0 Å². The summed E-state index contributed by atoms with van der Waals surface area (Å²) < 4.78 is 55.5. The summed E-state index contributed by atoms with van der Waals surface area (Å²) in [6.45, 7) is 3.10. The Kier molecular flexibility index (Phi) is 11.3. The van der Waals surface area contributed by atoms with Crippen LogP contribution in [0.2, 0.25) is 5.02 Å². The van der Waals surface area contributed by atoms with Gasteiger partial charge in [-0.3, -0.25) is 29.4 Å². The fraction of sp³-hybridized carbons (Fsp3) is 0.226. The van der Waals surface area contributed by atoms with E-state index in [1.807, 2.05) is 6.92 Å². The van der Waals surface area contributed by atoms with E-state index in [0.29, 0.717) is 35.9 Å². The van der Waals surface area contributed by atoms with Gasteiger partial charge in [0.15, 0.2) is 11.5 Å². The Hall–Kier alpha value is -5.09. The van der Waals surface area contributed by atoms with Crippen molar-refractivity contribution in [3.8, 4) is 17.2 Å². The van der Waals surface area contributed by atoms with E-state index in [0.717, 1.165) is 11.0 Å². The summed E-state index contributed by atoms with van der Waals surface area (Å²) in [4.78, 5) is 61.9. The average molecular weight is 708 g/mol. The van der Waals surface area contributed by atoms with Gasteiger partial charge >= 0.3 is 17.8 Å². The molecule has 1 N–H and O–H groups in total. The number of alkyl halides is 3. The van der Waals surface area contributed by atoms with Gasteiger partial charge < -0.3 is 19.5 Å². The first-order valence-electron chi connectivity index (χ1n) is 14.0. The molecule has 3 amide bonds. The van der Waals surface area contributed by atoms with E-state index in [-0.39, 0.29) is 45.9 Å². The topological polar surface area (TPSA) is 154 Å². The Morgan fingerprint density at radius 3 is 2.44 bits per heavy atom. The number of carbonyl (C=O) groups excluding carboxylic acids is 4. The molecule has 0 aliphatic carbocycles. The van der Waals surface area contributed by atoms with Crippen LogP contribution in [0.4, 0.5) is 29.3 Å². The summed E-state index contributed by atoms with van der Waals surface area (Å²) in [6, 6.07) is 10.1. The summed E-state index contributed by atoms with van der Waals surface area (Å²) >= 11 is 6.66. The minimum atomic E-state index is -4.81. The molecule has 0 aromatic heterocycles. The molecule has 0 spiro atoms. The Morgan fingerprint density at radius 1 is 1.04 bits per heavy atom. The quantitative estimate of drug-likeness (QED) is 0.0857. The summed E-state index contributed by atoms with van der Waals surface area (Å²) in [5.74, 6) is -2.66. The van der Waals surface area contributed by atoms with E-state index in [9.17, 15) is 42.5 Å². The molecule has 48 heavy (non-hydrogen) atoms. The zero-order valence-electron chi connectivity index (χ0n) is 25.1. The molecule has 0 atom stereocenters. The number of nitro groups is 1. The van der Waals surface area contributed by atoms with Crippen LogP contribution in [0.25, 0.3) is 6.08 Å². The summed E-state index contributed by atoms with van der Waals surface area (Å²) in [7, 11) is 0. The van der Waals surface area contributed by atoms with Crippen molar-refractivity contribution in [1.29, 1.82) is 0 Å². The fourth-order valence-corrected chi connectivity index (χ4v) is 5.20. The van der Waals surface area contributed by atoms with Crippen molar-refractivity contribution in [2.75, 3.05) is 25.1 Å². The number of anilines is 1. The number of amides is 3. The van der Waals surface area contributed by atoms with Gasteiger partial charge in [0.05, 0.1) is 39.2 Å². The molecule has 252 valence electrons. The SMILES string of the molecule is CCCOC(=O)c1cc(NC(=O)CN2C(=O)S/C(=C/c3ccc(Oc4ccc(C(F)(F)F)cc4[N+](=O)[O-])c(OCC)c3)C2=O)ccc1Cl. The van der Waals surface area contributed by atoms with Crippen LogP contribution >= 0.6 is 23.4 Å². The number of nitrogens with one attached hydrogen (secondary N) is 1. The number of nitrogens with zero attached hydrogens (tertiary/aromatic N) is 2. The second kappa shape index (κ2) is 15.2. The molecule has 17 heteroatoms. The normalized spacial score (nSPS) is 13.9. The monoisotopic (exact) mass is 707 g/mol. The Labute approximate surface area is 279 Å². The van der Waals surface area contributed by atoms with Crippen molar-refractivity contribution in [3.63, 3.8) is 0 Å². The van der Waals surface area contributed by atoms with Crippen LogP contribution in [0, 0.1) is 10.1 Å². The molecule has 0 radical (unpaired) electrons. The van der Waals surface area contributed by atoms with Crippen molar-refractivity contribution < 1.29 is 51.5 Å². The number of carbonyl (C=O) groups is 4. The molecule has 1 aliphatic rings. The molecule has 3 aromatic carbocycles. The minimum absolute atomic E-state index is 0.0254. The van der Waals surface area contributed by atoms with Gasteiger partial charge in [-0.1, -0.05) is 24.6 Å². The maximum Gasteiger partial charge on any atom is 0.416 e. The van der Waals surface area contributed by atoms with Gasteiger partial charge in [-0.15, -0.1) is 0 Å². The maximum atomic E-state index is 13.1. The number of ether oxygens (including phenoxy) is 3. The molecule has 3 aromatic rings. The lowest BCUT2D eigenvalue weighted by Crippen LogP contribution is -2.36. The third-order valence-corrected chi connectivity index (χ3v) is 7.59. The Bertz CT molecular complexity index is 1820. The molecular formula is C31H25ClF3N3O9S. The first kappa shape index (κ1) is 35.8. The van der Waals surface area contributed by atoms with Gasteiger partial charge in [0.1, 0.15) is 6.54 Å². The maximum absolute atomic E-state index is 13.1. The lowest BCUT2D eigenvalue weighted by molar-refractivity contribution is -0.385. The highest BCUT2D eigenvalue weighted by Crippen LogP contribution is 2.41. The predicted octanol–water partition coefficient (Wildman–Crippen LogP) is 7.70. The molecule has 1 saturated heterocycles. The standard InChI is InChI=1S/C31H25ClF3N3O9S/c1-3-11-46-29(41)20-15-19(7-8-21(20)32)36-27(39)16-37-28(40)26(48-30(37)42)13-17-5-9-24(25(12-17)45-4-2)47-23-10-6-18(31(33,34)35)14-22(23)38(43)44/h5-10,12-15H,3-4,11,16H2,1-2H3,(H,36,39)/b26-13+. The van der Waals surface area contributed by atoms with Crippen LogP contribution in [-0.2, 0) is 20.5 Å². The number of esters is 1. The number of imide groups is 1. The van der Waals surface area contributed by atoms with Crippen LogP contribution in [0.3, 0.4) is 0 Å². The molecule has 0 bridgehead atoms. The molecule has 0 unspecified atom stereocenters. The summed E-state index contributed by atoms with van der Waals surface area (Å²) in [5, 5.41) is 13.4. The Morgan fingerprint density at radius 2 is 1.77 bits per heavy atom. The van der Waals surface area contributed by atoms with Crippen LogP contribution in [0.1, 0.15) is 41.8 Å². The third kappa shape index (κ3) is 8.63. The number of rotatable bonds is 12. The first-order valence-corrected chi connectivity index (χ1v) is 15.2. The molecule has 1 fully saturated rings. The van der Waals surface area contributed by atoms with Gasteiger partial charge in [-0.25, -0.2) is 4.79 Å². The van der Waals surface area contributed by atoms with Gasteiger partial charge in [-0.2, -0.15) is 13.2 Å². The lowest BCUT2D eigenvalue weighted by atomic mass is 10.1. The number of nitro benzene ring substituents is 1. The molecular weight excluding hydrogens is 683 g/mol. The van der Waals surface area contributed by atoms with E-state index >= 15 is 0 Å². The summed E-state index contributed by atoms with van der Waals surface area (Å²) in [6.07, 6.45) is -2.86. The second-order valence-electron chi connectivity index (χ2n) is 9.83. The molecule has 1 heterocycles. The molecule has 12 nitrogen and oxygen atoms in total. The largest absolute Gasteiger partial charge is 0.490 e. The summed E-state index contributed by atoms with van der Waals surface area (Å²) in [5.41, 5.74) is -1.59. The predicted molar refractivity (Wildman–Crippen MR) is 169 cm³/mol. The Balaban J connectivity index is 1.50. The first-order chi connectivity index (χ1) is 22.7. The van der Waals surface area contributed by atoms with Gasteiger partial charge in [0.25, 0.3) is 11.1 Å². The number of hydrogen-bond donors (Lipinski definition) is 1. The van der Waals surface area contributed by atoms with E-state index in [1.165, 1.54) is 42.5 Å². The number of hydrogen-bond acceptors (Lipinski definition) is 10. The lowest BCUT2D eigenvalue weighted by Gasteiger charge is -2.14. The van der Waals surface area contributed by atoms with Crippen molar-refractivity contribution in [3.05, 3.63) is 91.3 Å². The van der Waals surface area contributed by atoms with Crippen LogP contribution in [-0.4, -0.2) is 52.6 Å². The van der Waals surface area contributed by atoms with E-state index in [4.69, 9.17) is 25.8 Å². The van der Waals surface area contributed by atoms with Gasteiger partial charge in [-0.05, 0) is 79.2 Å². The van der Waals surface area contributed by atoms with Crippen LogP contribution in [0.5, 0.6) is 17.2 Å². The highest BCUT2D eigenvalue weighted by Gasteiger charge is 2.37. The van der Waals surface area contributed by atoms with E-state index in [1.54, 1.807) is 6.92 Å². The third-order valence-electron chi connectivity index (χ3n) is 6.35. The van der Waals surface area contributed by atoms with Crippen molar-refractivity contribution in [1.82, 2.24) is 4.90 Å². The van der Waals surface area contributed by atoms with Crippen molar-refractivity contribution >= 4 is 63.8 Å².